The quantitative estimate of drug-likeness (QED) is 0.916. The summed E-state index contributed by atoms with van der Waals surface area (Å²) in [5.41, 5.74) is 6.87. The number of benzene rings is 1. The average molecular weight is 274 g/mol. The number of rotatable bonds is 4. The minimum Gasteiger partial charge on any atom is -0.495 e. The Bertz CT molecular complexity index is 314. The molecule has 0 aromatic heterocycles. The maximum Gasteiger partial charge on any atom is 0.137 e. The first-order valence-corrected chi connectivity index (χ1v) is 5.53. The highest BCUT2D eigenvalue weighted by molar-refractivity contribution is 9.10. The van der Waals surface area contributed by atoms with E-state index in [1.807, 2.05) is 19.1 Å². The van der Waals surface area contributed by atoms with E-state index in [9.17, 15) is 0 Å². The minimum absolute atomic E-state index is 0.126. The molecular weight excluding hydrogens is 258 g/mol. The van der Waals surface area contributed by atoms with E-state index in [2.05, 4.69) is 15.9 Å². The summed E-state index contributed by atoms with van der Waals surface area (Å²) >= 11 is 3.42. The Hall–Kier alpha value is -0.740. The van der Waals surface area contributed by atoms with Crippen LogP contribution >= 0.6 is 15.9 Å². The van der Waals surface area contributed by atoms with Gasteiger partial charge in [0.25, 0.3) is 0 Å². The highest BCUT2D eigenvalue weighted by Gasteiger charge is 2.10. The van der Waals surface area contributed by atoms with Crippen LogP contribution in [0.4, 0.5) is 0 Å². The van der Waals surface area contributed by atoms with Crippen molar-refractivity contribution in [3.05, 3.63) is 22.2 Å². The lowest BCUT2D eigenvalue weighted by molar-refractivity contribution is 0.388. The van der Waals surface area contributed by atoms with Crippen molar-refractivity contribution < 1.29 is 9.47 Å². The molecule has 84 valence electrons. The van der Waals surface area contributed by atoms with Gasteiger partial charge in [-0.15, -0.1) is 0 Å². The van der Waals surface area contributed by atoms with Crippen molar-refractivity contribution in [3.63, 3.8) is 0 Å². The fourth-order valence-corrected chi connectivity index (χ4v) is 1.97. The van der Waals surface area contributed by atoms with Crippen molar-refractivity contribution in [2.75, 3.05) is 14.2 Å². The molecule has 0 aliphatic rings. The molecule has 0 aliphatic carbocycles. The standard InChI is InChI=1S/C11H16BrNO2/c1-7(13)4-8-5-9(14-2)11(12)10(6-8)15-3/h5-7H,4,13H2,1-3H3/t7-/m0/s1. The van der Waals surface area contributed by atoms with Gasteiger partial charge < -0.3 is 15.2 Å². The van der Waals surface area contributed by atoms with E-state index >= 15 is 0 Å². The maximum atomic E-state index is 5.75. The van der Waals surface area contributed by atoms with Crippen LogP contribution in [-0.2, 0) is 6.42 Å². The van der Waals surface area contributed by atoms with Gasteiger partial charge in [-0.1, -0.05) is 0 Å². The van der Waals surface area contributed by atoms with Gasteiger partial charge >= 0.3 is 0 Å². The van der Waals surface area contributed by atoms with Crippen LogP contribution < -0.4 is 15.2 Å². The van der Waals surface area contributed by atoms with E-state index in [0.717, 1.165) is 28.0 Å². The molecule has 0 radical (unpaired) electrons. The summed E-state index contributed by atoms with van der Waals surface area (Å²) in [6, 6.07) is 4.06. The SMILES string of the molecule is COc1cc(C[C@H](C)N)cc(OC)c1Br. The monoisotopic (exact) mass is 273 g/mol. The Balaban J connectivity index is 3.09. The molecule has 1 rings (SSSR count). The normalized spacial score (nSPS) is 12.3. The third-order valence-corrected chi connectivity index (χ3v) is 2.84. The molecule has 0 unspecified atom stereocenters. The van der Waals surface area contributed by atoms with Gasteiger partial charge in [-0.2, -0.15) is 0 Å². The summed E-state index contributed by atoms with van der Waals surface area (Å²) in [6.45, 7) is 1.97. The fourth-order valence-electron chi connectivity index (χ4n) is 1.41. The molecule has 0 amide bonds. The topological polar surface area (TPSA) is 44.5 Å². The number of halogens is 1. The molecule has 0 saturated carbocycles. The van der Waals surface area contributed by atoms with E-state index in [1.54, 1.807) is 14.2 Å². The molecule has 0 aliphatic heterocycles. The van der Waals surface area contributed by atoms with Gasteiger partial charge in [0.1, 0.15) is 16.0 Å². The number of ether oxygens (including phenoxy) is 2. The second-order valence-electron chi connectivity index (χ2n) is 3.50. The van der Waals surface area contributed by atoms with Crippen LogP contribution in [0.2, 0.25) is 0 Å². The van der Waals surface area contributed by atoms with Gasteiger partial charge in [-0.05, 0) is 47.0 Å². The van der Waals surface area contributed by atoms with Crippen LogP contribution in [0.15, 0.2) is 16.6 Å². The maximum absolute atomic E-state index is 5.75. The van der Waals surface area contributed by atoms with E-state index in [4.69, 9.17) is 15.2 Å². The Kier molecular flexibility index (Phi) is 4.42. The largest absolute Gasteiger partial charge is 0.495 e. The summed E-state index contributed by atoms with van der Waals surface area (Å²) in [5.74, 6) is 1.54. The molecule has 0 spiro atoms. The average Bonchev–Trinajstić information content (AvgIpc) is 2.19. The van der Waals surface area contributed by atoms with Crippen molar-refractivity contribution in [2.24, 2.45) is 5.73 Å². The van der Waals surface area contributed by atoms with Crippen molar-refractivity contribution in [3.8, 4) is 11.5 Å². The first kappa shape index (κ1) is 12.3. The molecule has 3 nitrogen and oxygen atoms in total. The van der Waals surface area contributed by atoms with Crippen LogP contribution in [0.1, 0.15) is 12.5 Å². The van der Waals surface area contributed by atoms with Crippen LogP contribution in [0.5, 0.6) is 11.5 Å². The van der Waals surface area contributed by atoms with Crippen LogP contribution in [0.3, 0.4) is 0 Å². The highest BCUT2D eigenvalue weighted by atomic mass is 79.9. The molecule has 1 aromatic rings. The second kappa shape index (κ2) is 5.37. The minimum atomic E-state index is 0.126. The van der Waals surface area contributed by atoms with Gasteiger partial charge in [-0.3, -0.25) is 0 Å². The van der Waals surface area contributed by atoms with Crippen LogP contribution in [0.25, 0.3) is 0 Å². The predicted octanol–water partition coefficient (Wildman–Crippen LogP) is 2.36. The molecule has 4 heteroatoms. The van der Waals surface area contributed by atoms with Crippen molar-refractivity contribution in [1.82, 2.24) is 0 Å². The molecule has 1 aromatic carbocycles. The molecule has 0 heterocycles. The molecule has 0 bridgehead atoms. The van der Waals surface area contributed by atoms with Crippen LogP contribution in [-0.4, -0.2) is 20.3 Å². The van der Waals surface area contributed by atoms with Gasteiger partial charge in [0.05, 0.1) is 14.2 Å². The van der Waals surface area contributed by atoms with Gasteiger partial charge in [-0.25, -0.2) is 0 Å². The lowest BCUT2D eigenvalue weighted by atomic mass is 10.1. The second-order valence-corrected chi connectivity index (χ2v) is 4.29. The number of methoxy groups -OCH3 is 2. The Morgan fingerprint density at radius 2 is 1.73 bits per heavy atom. The lowest BCUT2D eigenvalue weighted by Crippen LogP contribution is -2.17. The molecule has 15 heavy (non-hydrogen) atoms. The summed E-state index contributed by atoms with van der Waals surface area (Å²) in [4.78, 5) is 0. The predicted molar refractivity (Wildman–Crippen MR) is 64.6 cm³/mol. The summed E-state index contributed by atoms with van der Waals surface area (Å²) in [5, 5.41) is 0. The Morgan fingerprint density at radius 1 is 1.27 bits per heavy atom. The van der Waals surface area contributed by atoms with Crippen LogP contribution in [0, 0.1) is 0 Å². The summed E-state index contributed by atoms with van der Waals surface area (Å²) in [6.07, 6.45) is 0.806. The Morgan fingerprint density at radius 3 is 2.07 bits per heavy atom. The fraction of sp³-hybridized carbons (Fsp3) is 0.455. The lowest BCUT2D eigenvalue weighted by Gasteiger charge is -2.12. The third-order valence-electron chi connectivity index (χ3n) is 2.06. The zero-order valence-electron chi connectivity index (χ0n) is 9.21. The highest BCUT2D eigenvalue weighted by Crippen LogP contribution is 2.35. The first-order chi connectivity index (χ1) is 7.08. The molecule has 2 N–H and O–H groups in total. The number of hydrogen-bond donors (Lipinski definition) is 1. The zero-order chi connectivity index (χ0) is 11.4. The van der Waals surface area contributed by atoms with E-state index in [-0.39, 0.29) is 6.04 Å². The van der Waals surface area contributed by atoms with E-state index in [1.165, 1.54) is 0 Å². The van der Waals surface area contributed by atoms with Crippen molar-refractivity contribution >= 4 is 15.9 Å². The van der Waals surface area contributed by atoms with E-state index in [0.29, 0.717) is 0 Å². The first-order valence-electron chi connectivity index (χ1n) is 4.74. The van der Waals surface area contributed by atoms with Gasteiger partial charge in [0.2, 0.25) is 0 Å². The molecule has 0 saturated heterocycles. The number of nitrogens with two attached hydrogens (primary N) is 1. The zero-order valence-corrected chi connectivity index (χ0v) is 10.8. The molecular formula is C11H16BrNO2. The number of hydrogen-bond acceptors (Lipinski definition) is 3. The third kappa shape index (κ3) is 3.11. The van der Waals surface area contributed by atoms with Crippen molar-refractivity contribution in [2.45, 2.75) is 19.4 Å². The van der Waals surface area contributed by atoms with Gasteiger partial charge in [0, 0.05) is 6.04 Å². The summed E-state index contributed by atoms with van der Waals surface area (Å²) in [7, 11) is 3.27. The van der Waals surface area contributed by atoms with Gasteiger partial charge in [0.15, 0.2) is 0 Å². The van der Waals surface area contributed by atoms with Crippen molar-refractivity contribution in [1.29, 1.82) is 0 Å². The van der Waals surface area contributed by atoms with E-state index < -0.39 is 0 Å². The Labute approximate surface area is 98.7 Å². The molecule has 0 fully saturated rings. The summed E-state index contributed by atoms with van der Waals surface area (Å²) < 4.78 is 11.3. The smallest absolute Gasteiger partial charge is 0.137 e. The molecule has 1 atom stereocenters.